The summed E-state index contributed by atoms with van der Waals surface area (Å²) in [6.45, 7) is 4.68. The standard InChI is InChI=1S/C38H47F4N5O5/c1-21-11-23-13-24(12-21)38(15-23,35(49)50)45-34(48)29-16-43-33(44-32(29)36(3,39)40)30-17-47(22(2)18-51-4)31-14-27(9-10-28(30)31)52-26-7-5-25(6-8-26)46-19-37(41,42)20-46/h9-10,14,16-17,21-26H,5-8,11-13,15,18-20H2,1-4H3,(H,45,48)(H,49,50)/t21?,22-,23?,24?,25-,26-,38?/m0/s1. The molecule has 3 saturated carbocycles. The average Bonchev–Trinajstić information content (AvgIpc) is 3.57. The van der Waals surface area contributed by atoms with Gasteiger partial charge in [-0.2, -0.15) is 8.78 Å². The number of benzene rings is 1. The number of carboxylic acids is 1. The topological polar surface area (TPSA) is 119 Å². The fourth-order valence-electron chi connectivity index (χ4n) is 9.38. The highest BCUT2D eigenvalue weighted by atomic mass is 19.3. The number of carbonyl (C=O) groups is 2. The molecule has 0 radical (unpaired) electrons. The number of methoxy groups -OCH3 is 1. The molecule has 1 aliphatic heterocycles. The summed E-state index contributed by atoms with van der Waals surface area (Å²) in [6.07, 6.45) is 8.25. The Bertz CT molecular complexity index is 1830. The molecule has 52 heavy (non-hydrogen) atoms. The molecule has 1 amide bonds. The maximum absolute atomic E-state index is 15.3. The Morgan fingerprint density at radius 3 is 2.52 bits per heavy atom. The van der Waals surface area contributed by atoms with Crippen molar-refractivity contribution in [1.82, 2.24) is 24.8 Å². The van der Waals surface area contributed by atoms with Crippen LogP contribution in [0, 0.1) is 17.8 Å². The second-order valence-corrected chi connectivity index (χ2v) is 15.9. The van der Waals surface area contributed by atoms with Gasteiger partial charge in [0.1, 0.15) is 17.0 Å². The molecule has 1 aromatic carbocycles. The number of hydrogen-bond acceptors (Lipinski definition) is 7. The quantitative estimate of drug-likeness (QED) is 0.202. The highest BCUT2D eigenvalue weighted by Gasteiger charge is 2.56. The zero-order valence-electron chi connectivity index (χ0n) is 30.0. The van der Waals surface area contributed by atoms with Crippen molar-refractivity contribution in [2.24, 2.45) is 17.8 Å². The van der Waals surface area contributed by atoms with Gasteiger partial charge in [-0.05, 0) is 88.2 Å². The van der Waals surface area contributed by atoms with E-state index in [1.807, 2.05) is 28.5 Å². The summed E-state index contributed by atoms with van der Waals surface area (Å²) < 4.78 is 71.2. The number of carbonyl (C=O) groups excluding carboxylic acids is 1. The van der Waals surface area contributed by atoms with E-state index in [1.54, 1.807) is 19.4 Å². The van der Waals surface area contributed by atoms with Gasteiger partial charge in [-0.1, -0.05) is 6.92 Å². The first kappa shape index (κ1) is 36.6. The molecule has 14 heteroatoms. The van der Waals surface area contributed by atoms with Crippen molar-refractivity contribution < 1.29 is 41.7 Å². The third kappa shape index (κ3) is 6.88. The van der Waals surface area contributed by atoms with Gasteiger partial charge in [0.15, 0.2) is 5.82 Å². The van der Waals surface area contributed by atoms with Crippen LogP contribution in [0.2, 0.25) is 0 Å². The van der Waals surface area contributed by atoms with E-state index < -0.39 is 40.5 Å². The third-order valence-corrected chi connectivity index (χ3v) is 11.8. The fraction of sp³-hybridized carbons (Fsp3) is 0.632. The second-order valence-electron chi connectivity index (χ2n) is 15.9. The molecule has 3 aliphatic carbocycles. The number of aliphatic carboxylic acids is 1. The maximum Gasteiger partial charge on any atom is 0.329 e. The number of likely N-dealkylation sites (tertiary alicyclic amines) is 1. The van der Waals surface area contributed by atoms with Crippen molar-refractivity contribution in [1.29, 1.82) is 0 Å². The van der Waals surface area contributed by atoms with Crippen LogP contribution < -0.4 is 10.1 Å². The summed E-state index contributed by atoms with van der Waals surface area (Å²) in [4.78, 5) is 36.9. The number of rotatable bonds is 11. The molecule has 5 atom stereocenters. The largest absolute Gasteiger partial charge is 0.490 e. The number of aromatic nitrogens is 3. The lowest BCUT2D eigenvalue weighted by Crippen LogP contribution is -2.60. The number of fused-ring (bicyclic) bond motifs is 3. The van der Waals surface area contributed by atoms with Crippen LogP contribution in [0.1, 0.15) is 94.2 Å². The predicted molar refractivity (Wildman–Crippen MR) is 185 cm³/mol. The van der Waals surface area contributed by atoms with Gasteiger partial charge in [0.2, 0.25) is 0 Å². The van der Waals surface area contributed by atoms with Gasteiger partial charge < -0.3 is 24.5 Å². The summed E-state index contributed by atoms with van der Waals surface area (Å²) in [6, 6.07) is 5.49. The van der Waals surface area contributed by atoms with Crippen LogP contribution >= 0.6 is 0 Å². The number of nitrogens with one attached hydrogen (secondary N) is 1. The van der Waals surface area contributed by atoms with E-state index in [2.05, 4.69) is 22.2 Å². The Hall–Kier alpha value is -3.78. The van der Waals surface area contributed by atoms with E-state index in [9.17, 15) is 23.5 Å². The van der Waals surface area contributed by atoms with Gasteiger partial charge in [-0.3, -0.25) is 9.69 Å². The molecular formula is C38H47F4N5O5. The SMILES string of the molecule is COC[C@H](C)n1cc(-c2ncc(C(=O)NC3(C(=O)O)CC4CC(C)CC3C4)c(C(C)(F)F)n2)c2ccc(O[C@H]3CC[C@H](N4CC(F)(F)C4)CC3)cc21. The molecule has 282 valence electrons. The van der Waals surface area contributed by atoms with Crippen LogP contribution in [0.4, 0.5) is 17.6 Å². The lowest BCUT2D eigenvalue weighted by molar-refractivity contribution is -0.151. The number of hydrogen-bond donors (Lipinski definition) is 2. The number of amides is 1. The molecule has 2 N–H and O–H groups in total. The molecule has 4 fully saturated rings. The fourth-order valence-corrected chi connectivity index (χ4v) is 9.38. The van der Waals surface area contributed by atoms with E-state index in [0.717, 1.165) is 43.8 Å². The first-order valence-electron chi connectivity index (χ1n) is 18.3. The molecule has 3 aromatic rings. The Kier molecular flexibility index (Phi) is 9.54. The average molecular weight is 730 g/mol. The summed E-state index contributed by atoms with van der Waals surface area (Å²) in [5.41, 5.74) is -1.57. The van der Waals surface area contributed by atoms with Gasteiger partial charge in [0, 0.05) is 49.5 Å². The first-order chi connectivity index (χ1) is 24.6. The Balaban J connectivity index is 1.16. The molecule has 10 nitrogen and oxygen atoms in total. The summed E-state index contributed by atoms with van der Waals surface area (Å²) in [5, 5.41) is 13.7. The van der Waals surface area contributed by atoms with Crippen LogP contribution in [0.5, 0.6) is 5.75 Å². The zero-order valence-corrected chi connectivity index (χ0v) is 30.0. The minimum atomic E-state index is -3.54. The van der Waals surface area contributed by atoms with Gasteiger partial charge in [-0.15, -0.1) is 0 Å². The monoisotopic (exact) mass is 729 g/mol. The van der Waals surface area contributed by atoms with Gasteiger partial charge >= 0.3 is 5.97 Å². The predicted octanol–water partition coefficient (Wildman–Crippen LogP) is 7.07. The number of carboxylic acid groups (broad SMARTS) is 1. The lowest BCUT2D eigenvalue weighted by atomic mass is 9.78. The molecular weight excluding hydrogens is 682 g/mol. The van der Waals surface area contributed by atoms with Crippen molar-refractivity contribution in [3.8, 4) is 17.1 Å². The van der Waals surface area contributed by atoms with Crippen LogP contribution in [0.15, 0.2) is 30.6 Å². The van der Waals surface area contributed by atoms with Gasteiger partial charge in [0.05, 0.1) is 42.9 Å². The van der Waals surface area contributed by atoms with Crippen molar-refractivity contribution in [3.63, 3.8) is 0 Å². The number of alkyl halides is 4. The number of ether oxygens (including phenoxy) is 2. The second kappa shape index (κ2) is 13.6. The Morgan fingerprint density at radius 2 is 1.87 bits per heavy atom. The van der Waals surface area contributed by atoms with Gasteiger partial charge in [-0.25, -0.2) is 23.5 Å². The summed E-state index contributed by atoms with van der Waals surface area (Å²) >= 11 is 0. The highest BCUT2D eigenvalue weighted by Crippen LogP contribution is 2.51. The molecule has 7 rings (SSSR count). The number of nitrogens with zero attached hydrogens (tertiary/aromatic N) is 4. The smallest absolute Gasteiger partial charge is 0.329 e. The molecule has 4 unspecified atom stereocenters. The minimum Gasteiger partial charge on any atom is -0.490 e. The Morgan fingerprint density at radius 1 is 1.13 bits per heavy atom. The van der Waals surface area contributed by atoms with E-state index in [-0.39, 0.29) is 55.4 Å². The van der Waals surface area contributed by atoms with E-state index in [0.29, 0.717) is 49.0 Å². The third-order valence-electron chi connectivity index (χ3n) is 11.8. The van der Waals surface area contributed by atoms with E-state index in [1.165, 1.54) is 0 Å². The van der Waals surface area contributed by atoms with Crippen LogP contribution in [-0.4, -0.2) is 86.8 Å². The molecule has 0 spiro atoms. The molecule has 1 saturated heterocycles. The lowest BCUT2D eigenvalue weighted by Gasteiger charge is -2.46. The van der Waals surface area contributed by atoms with Crippen molar-refractivity contribution in [2.75, 3.05) is 26.8 Å². The first-order valence-corrected chi connectivity index (χ1v) is 18.3. The molecule has 4 aliphatic rings. The zero-order chi connectivity index (χ0) is 37.2. The summed E-state index contributed by atoms with van der Waals surface area (Å²) in [5.74, 6) is -7.45. The van der Waals surface area contributed by atoms with E-state index in [4.69, 9.17) is 9.47 Å². The number of halogens is 4. The Labute approximate surface area is 300 Å². The van der Waals surface area contributed by atoms with Crippen molar-refractivity contribution in [3.05, 3.63) is 41.9 Å². The highest BCUT2D eigenvalue weighted by molar-refractivity contribution is 6.00. The van der Waals surface area contributed by atoms with Crippen molar-refractivity contribution >= 4 is 22.8 Å². The minimum absolute atomic E-state index is 0.0106. The normalized spacial score (nSPS) is 29.4. The molecule has 2 bridgehead atoms. The maximum atomic E-state index is 15.3. The van der Waals surface area contributed by atoms with Gasteiger partial charge in [0.25, 0.3) is 17.8 Å². The van der Waals surface area contributed by atoms with Crippen LogP contribution in [0.3, 0.4) is 0 Å². The van der Waals surface area contributed by atoms with Crippen molar-refractivity contribution in [2.45, 2.75) is 108 Å². The molecule has 2 aromatic heterocycles. The van der Waals surface area contributed by atoms with Crippen LogP contribution in [0.25, 0.3) is 22.3 Å². The van der Waals surface area contributed by atoms with E-state index >= 15 is 8.78 Å². The van der Waals surface area contributed by atoms with Crippen LogP contribution in [-0.2, 0) is 15.5 Å². The molecule has 3 heterocycles. The summed E-state index contributed by atoms with van der Waals surface area (Å²) in [7, 11) is 1.59.